The first-order chi connectivity index (χ1) is 69.1. The third kappa shape index (κ3) is 21.0. The summed E-state index contributed by atoms with van der Waals surface area (Å²) in [6.07, 6.45) is 63.5. The molecule has 12 bridgehead atoms. The number of terminal acetylenes is 4. The normalized spacial score (nSPS) is 29.2. The van der Waals surface area contributed by atoms with Crippen molar-refractivity contribution in [3.63, 3.8) is 0 Å². The van der Waals surface area contributed by atoms with Gasteiger partial charge in [0.05, 0.1) is 52.6 Å². The molecule has 16 heteroatoms. The van der Waals surface area contributed by atoms with Gasteiger partial charge in [-0.25, -0.2) is 0 Å². The zero-order valence-electron chi connectivity index (χ0n) is 85.6. The minimum absolute atomic E-state index is 0.0838. The molecule has 14 aliphatic carbocycles. The average molecular weight is 1910 g/mol. The predicted octanol–water partition coefficient (Wildman–Crippen LogP) is 22.8. The first-order valence-corrected chi connectivity index (χ1v) is 54.3. The third-order valence-corrected chi connectivity index (χ3v) is 36.1. The molecule has 4 aliphatic heterocycles. The molecule has 16 nitrogen and oxygen atoms in total. The average Bonchev–Trinajstić information content (AvgIpc) is 0.723. The molecule has 8 aromatic carbocycles. The van der Waals surface area contributed by atoms with E-state index in [1.54, 1.807) is 28.4 Å². The zero-order valence-corrected chi connectivity index (χ0v) is 85.6. The smallest absolute Gasteiger partial charge is 0.299 e. The van der Waals surface area contributed by atoms with Crippen LogP contribution >= 0.6 is 0 Å². The van der Waals surface area contributed by atoms with Crippen LogP contribution in [0.25, 0.3) is 0 Å². The van der Waals surface area contributed by atoms with Gasteiger partial charge in [0.25, 0.3) is 23.6 Å². The second-order valence-electron chi connectivity index (χ2n) is 45.6. The van der Waals surface area contributed by atoms with Gasteiger partial charge in [-0.2, -0.15) is 0 Å². The van der Waals surface area contributed by atoms with Crippen molar-refractivity contribution in [2.75, 3.05) is 28.4 Å². The van der Waals surface area contributed by atoms with Crippen LogP contribution in [0.15, 0.2) is 170 Å². The van der Waals surface area contributed by atoms with Crippen LogP contribution in [-0.4, -0.2) is 118 Å². The molecule has 4 amide bonds. The van der Waals surface area contributed by atoms with E-state index in [1.165, 1.54) is 160 Å². The maximum Gasteiger partial charge on any atom is 0.299 e. The van der Waals surface area contributed by atoms with Crippen molar-refractivity contribution in [3.8, 4) is 72.4 Å². The molecule has 18 aliphatic rings. The summed E-state index contributed by atoms with van der Waals surface area (Å²) in [5, 5.41) is 15.6. The predicted molar refractivity (Wildman–Crippen MR) is 565 cm³/mol. The molecule has 744 valence electrons. The van der Waals surface area contributed by atoms with Gasteiger partial charge in [-0.1, -0.05) is 200 Å². The standard InChI is InChI=1S/2C34H42N2O2.2C29H34N2O2/c2*1-4-6-7-29-17-28-18-30(38-3)12-13-31(28)33(36(29)32(37)5-2)27-10-8-23(9-11-27)22-35-34-19-24-14-25(20-34)16-26(15-24)21-34;2*1-4-6-7-24-14-23-15-25(33-3)12-13-26(23)28(31(24)27(32)5-2)22-10-8-20(9-11-22)19-30-29-16-21(17-29)18-29/h2*2,8-13,18,24-26,29,33,35H,4,6-7,14-17,19-22H2,1,3H3;2*2,8-13,15,21,24,28,30H,4,6-7,14,16-19H2,1,3H3/t2*24?,25?,26?,29-,33-,34?;2*21?,24-,28-,29?/m0000/s1. The SMILES string of the molecule is C#CC(=O)N1[C@@H](CCCC)Cc2cc(OC)ccc2[C@@H]1c1ccc(CNC23CC(C2)C3)cc1.C#CC(=O)N1[C@@H](CCCC)Cc2cc(OC)ccc2[C@@H]1c1ccc(CNC23CC(C2)C3)cc1.C#CC(=O)N1[C@@H](CCCC)Cc2cc(OC)ccc2[C@@H]1c1ccc(CNC23CC4CC(CC(C4)C2)C3)cc1.C#CC(=O)N1[C@@H](CCCC)Cc2cc(OC)ccc2[C@@H]1c1ccc(CNC23CC4CC(CC(C4)C2)C3)cc1. The topological polar surface area (TPSA) is 166 Å². The number of methoxy groups -OCH3 is 4. The number of carbonyl (C=O) groups is 4. The fourth-order valence-corrected chi connectivity index (χ4v) is 29.5. The molecule has 0 aromatic heterocycles. The fraction of sp³-hybridized carbons (Fsp3) is 0.524. The Labute approximate surface area is 847 Å². The molecular formula is C126H152N8O8. The second-order valence-corrected chi connectivity index (χ2v) is 45.6. The largest absolute Gasteiger partial charge is 0.497 e. The van der Waals surface area contributed by atoms with Crippen molar-refractivity contribution in [1.29, 1.82) is 0 Å². The Hall–Kier alpha value is -11.1. The van der Waals surface area contributed by atoms with Crippen LogP contribution < -0.4 is 40.2 Å². The van der Waals surface area contributed by atoms with E-state index in [9.17, 15) is 19.2 Å². The highest BCUT2D eigenvalue weighted by molar-refractivity contribution is 5.96. The van der Waals surface area contributed by atoms with Gasteiger partial charge < -0.3 is 59.8 Å². The van der Waals surface area contributed by atoms with Gasteiger partial charge in [0.1, 0.15) is 23.0 Å². The van der Waals surface area contributed by atoms with Crippen molar-refractivity contribution >= 4 is 23.6 Å². The van der Waals surface area contributed by atoms with Gasteiger partial charge in [-0.3, -0.25) is 19.2 Å². The lowest BCUT2D eigenvalue weighted by Crippen LogP contribution is -2.66. The molecule has 26 rings (SSSR count). The summed E-state index contributed by atoms with van der Waals surface area (Å²) in [7, 11) is 6.82. The number of nitrogens with zero attached hydrogens (tertiary/aromatic N) is 4. The maximum absolute atomic E-state index is 13.2. The molecule has 142 heavy (non-hydrogen) atoms. The number of rotatable bonds is 32. The number of hydrogen-bond donors (Lipinski definition) is 4. The Morgan fingerprint density at radius 1 is 0.289 bits per heavy atom. The number of amides is 4. The van der Waals surface area contributed by atoms with Gasteiger partial charge in [0, 0.05) is 72.5 Å². The van der Waals surface area contributed by atoms with Crippen molar-refractivity contribution in [2.45, 2.75) is 343 Å². The number of hydrogen-bond acceptors (Lipinski definition) is 12. The minimum Gasteiger partial charge on any atom is -0.497 e. The molecule has 4 heterocycles. The first kappa shape index (κ1) is 99.6. The van der Waals surface area contributed by atoms with E-state index in [0.717, 1.165) is 244 Å². The van der Waals surface area contributed by atoms with E-state index in [2.05, 4.69) is 218 Å². The summed E-state index contributed by atoms with van der Waals surface area (Å²) in [5.74, 6) is 19.9. The van der Waals surface area contributed by atoms with Gasteiger partial charge in [-0.15, -0.1) is 25.7 Å². The third-order valence-electron chi connectivity index (χ3n) is 36.1. The Bertz CT molecular complexity index is 5540. The fourth-order valence-electron chi connectivity index (χ4n) is 29.5. The summed E-state index contributed by atoms with van der Waals surface area (Å²) >= 11 is 0. The highest BCUT2D eigenvalue weighted by Gasteiger charge is 2.58. The molecular weight excluding hydrogens is 1750 g/mol. The van der Waals surface area contributed by atoms with Crippen molar-refractivity contribution in [1.82, 2.24) is 40.9 Å². The van der Waals surface area contributed by atoms with E-state index in [4.69, 9.17) is 44.6 Å². The number of unbranched alkanes of at least 4 members (excludes halogenated alkanes) is 4. The van der Waals surface area contributed by atoms with E-state index < -0.39 is 0 Å². The van der Waals surface area contributed by atoms with E-state index in [-0.39, 0.29) is 72.0 Å². The molecule has 14 fully saturated rings. The van der Waals surface area contributed by atoms with Crippen molar-refractivity contribution < 1.29 is 38.1 Å². The molecule has 0 radical (unpaired) electrons. The Morgan fingerprint density at radius 3 is 0.641 bits per heavy atom. The zero-order chi connectivity index (χ0) is 98.6. The van der Waals surface area contributed by atoms with Gasteiger partial charge in [0.2, 0.25) is 0 Å². The first-order valence-electron chi connectivity index (χ1n) is 54.3. The highest BCUT2D eigenvalue weighted by Crippen LogP contribution is 2.60. The number of fused-ring (bicyclic) bond motifs is 4. The molecule has 0 unspecified atom stereocenters. The van der Waals surface area contributed by atoms with E-state index >= 15 is 0 Å². The summed E-state index contributed by atoms with van der Waals surface area (Å²) < 4.78 is 22.1. The van der Waals surface area contributed by atoms with Crippen LogP contribution in [-0.2, 0) is 71.0 Å². The lowest BCUT2D eigenvalue weighted by molar-refractivity contribution is -0.130. The van der Waals surface area contributed by atoms with Crippen LogP contribution in [0.5, 0.6) is 23.0 Å². The number of nitrogens with one attached hydrogen (secondary N) is 4. The quantitative estimate of drug-likeness (QED) is 0.0295. The number of carbonyl (C=O) groups excluding carboxylic acids is 4. The van der Waals surface area contributed by atoms with E-state index in [1.807, 2.05) is 43.9 Å². The van der Waals surface area contributed by atoms with Crippen molar-refractivity contribution in [2.24, 2.45) is 47.3 Å². The number of benzene rings is 8. The molecule has 14 saturated carbocycles. The Kier molecular flexibility index (Phi) is 30.5. The van der Waals surface area contributed by atoms with E-state index in [0.29, 0.717) is 22.2 Å². The summed E-state index contributed by atoms with van der Waals surface area (Å²) in [4.78, 5) is 60.3. The van der Waals surface area contributed by atoms with Crippen LogP contribution in [0, 0.1) is 96.7 Å². The summed E-state index contributed by atoms with van der Waals surface area (Å²) in [6.45, 7) is 12.4. The Balaban J connectivity index is 0.000000120. The maximum atomic E-state index is 13.2. The highest BCUT2D eigenvalue weighted by atomic mass is 16.5. The summed E-state index contributed by atoms with van der Waals surface area (Å²) in [6, 6.07) is 59.9. The van der Waals surface area contributed by atoms with Crippen molar-refractivity contribution in [3.05, 3.63) is 259 Å². The molecule has 4 N–H and O–H groups in total. The molecule has 0 saturated heterocycles. The van der Waals surface area contributed by atoms with Crippen LogP contribution in [0.1, 0.15) is 334 Å². The monoisotopic (exact) mass is 1910 g/mol. The van der Waals surface area contributed by atoms with Crippen LogP contribution in [0.2, 0.25) is 0 Å². The molecule has 8 atom stereocenters. The number of ether oxygens (including phenoxy) is 4. The Morgan fingerprint density at radius 2 is 0.479 bits per heavy atom. The lowest BCUT2D eigenvalue weighted by Gasteiger charge is -2.62. The van der Waals surface area contributed by atoms with Crippen LogP contribution in [0.4, 0.5) is 0 Å². The van der Waals surface area contributed by atoms with Crippen LogP contribution in [0.3, 0.4) is 0 Å². The minimum atomic E-state index is -0.225. The second kappa shape index (κ2) is 43.5. The summed E-state index contributed by atoms with van der Waals surface area (Å²) in [5.41, 5.74) is 20.8. The lowest BCUT2D eigenvalue weighted by atomic mass is 9.50. The van der Waals surface area contributed by atoms with Gasteiger partial charge >= 0.3 is 0 Å². The van der Waals surface area contributed by atoms with Gasteiger partial charge in [0.15, 0.2) is 0 Å². The molecule has 8 aromatic rings. The molecule has 0 spiro atoms. The van der Waals surface area contributed by atoms with Gasteiger partial charge in [-0.05, 0) is 376 Å².